The molecule has 25 heavy (non-hydrogen) atoms. The molecule has 1 aliphatic heterocycles. The van der Waals surface area contributed by atoms with Crippen LogP contribution >= 0.6 is 0 Å². The summed E-state index contributed by atoms with van der Waals surface area (Å²) < 4.78 is 0. The fraction of sp³-hybridized carbons (Fsp3) is 0.211. The van der Waals surface area contributed by atoms with Crippen LogP contribution in [0.2, 0.25) is 0 Å². The predicted octanol–water partition coefficient (Wildman–Crippen LogP) is 2.93. The smallest absolute Gasteiger partial charge is 0.326 e. The van der Waals surface area contributed by atoms with E-state index in [-0.39, 0.29) is 18.7 Å². The van der Waals surface area contributed by atoms with Crippen LogP contribution in [0.3, 0.4) is 0 Å². The van der Waals surface area contributed by atoms with E-state index >= 15 is 0 Å². The Labute approximate surface area is 145 Å². The lowest BCUT2D eigenvalue weighted by Gasteiger charge is -2.34. The number of nitrogens with zero attached hydrogens (tertiary/aromatic N) is 1. The van der Waals surface area contributed by atoms with Gasteiger partial charge in [-0.3, -0.25) is 4.79 Å². The molecule has 0 aromatic heterocycles. The molecule has 0 radical (unpaired) electrons. The number of fused-ring (bicyclic) bond motifs is 1. The molecule has 2 aromatic carbocycles. The monoisotopic (exact) mass is 338 g/mol. The Balaban J connectivity index is 1.84. The van der Waals surface area contributed by atoms with Crippen LogP contribution in [0.4, 0.5) is 10.5 Å². The van der Waals surface area contributed by atoms with Crippen LogP contribution in [-0.4, -0.2) is 33.8 Å². The highest BCUT2D eigenvalue weighted by Crippen LogP contribution is 2.24. The van der Waals surface area contributed by atoms with Crippen LogP contribution in [0.25, 0.3) is 0 Å². The number of hydrogen-bond donors (Lipinski definition) is 2. The number of Topliss-reactive ketones (excluding diaryl/α,β-unsaturated/α-hetero) is 1. The van der Waals surface area contributed by atoms with Gasteiger partial charge in [0.05, 0.1) is 0 Å². The standard InChI is InChI=1S/C19H18N2O4/c1-12(22)13-7-4-8-16(9-13)20-19(25)21-11-15-6-3-2-5-14(15)10-17(21)18(23)24/h2-9,17H,10-11H2,1H3,(H,20,25)(H,23,24). The van der Waals surface area contributed by atoms with Crippen molar-refractivity contribution in [1.82, 2.24) is 4.90 Å². The molecule has 1 unspecified atom stereocenters. The molecule has 0 saturated heterocycles. The number of urea groups is 1. The highest BCUT2D eigenvalue weighted by Gasteiger charge is 2.34. The highest BCUT2D eigenvalue weighted by molar-refractivity contribution is 5.97. The molecule has 1 atom stereocenters. The number of carbonyl (C=O) groups excluding carboxylic acids is 2. The van der Waals surface area contributed by atoms with Gasteiger partial charge in [-0.25, -0.2) is 9.59 Å². The Morgan fingerprint density at radius 3 is 2.48 bits per heavy atom. The third-order valence-electron chi connectivity index (χ3n) is 4.31. The van der Waals surface area contributed by atoms with Gasteiger partial charge in [0, 0.05) is 24.2 Å². The van der Waals surface area contributed by atoms with Crippen LogP contribution in [0, 0.1) is 0 Å². The van der Waals surface area contributed by atoms with E-state index in [0.717, 1.165) is 11.1 Å². The Bertz CT molecular complexity index is 847. The summed E-state index contributed by atoms with van der Waals surface area (Å²) in [4.78, 5) is 37.0. The van der Waals surface area contributed by atoms with Crippen molar-refractivity contribution >= 4 is 23.5 Å². The molecule has 0 fully saturated rings. The number of hydrogen-bond acceptors (Lipinski definition) is 3. The van der Waals surface area contributed by atoms with E-state index in [1.54, 1.807) is 24.3 Å². The second kappa shape index (κ2) is 6.76. The largest absolute Gasteiger partial charge is 0.480 e. The van der Waals surface area contributed by atoms with Crippen LogP contribution < -0.4 is 5.32 Å². The lowest BCUT2D eigenvalue weighted by atomic mass is 9.94. The number of carboxylic acid groups (broad SMARTS) is 1. The zero-order valence-electron chi connectivity index (χ0n) is 13.7. The zero-order chi connectivity index (χ0) is 18.0. The third kappa shape index (κ3) is 3.52. The normalized spacial score (nSPS) is 16.0. The first-order valence-electron chi connectivity index (χ1n) is 7.94. The SMILES string of the molecule is CC(=O)c1cccc(NC(=O)N2Cc3ccccc3CC2C(=O)O)c1. The summed E-state index contributed by atoms with van der Waals surface area (Å²) in [6.07, 6.45) is 0.270. The Hall–Kier alpha value is -3.15. The number of carbonyl (C=O) groups is 3. The van der Waals surface area contributed by atoms with Crippen molar-refractivity contribution in [2.45, 2.75) is 25.9 Å². The average Bonchev–Trinajstić information content (AvgIpc) is 2.60. The molecule has 2 amide bonds. The zero-order valence-corrected chi connectivity index (χ0v) is 13.7. The molecule has 1 aliphatic rings. The van der Waals surface area contributed by atoms with Crippen LogP contribution in [0.5, 0.6) is 0 Å². The maximum atomic E-state index is 12.6. The van der Waals surface area contributed by atoms with E-state index in [4.69, 9.17) is 0 Å². The first kappa shape index (κ1) is 16.7. The van der Waals surface area contributed by atoms with E-state index in [0.29, 0.717) is 11.3 Å². The van der Waals surface area contributed by atoms with Crippen molar-refractivity contribution in [2.24, 2.45) is 0 Å². The van der Waals surface area contributed by atoms with Gasteiger partial charge in [0.15, 0.2) is 5.78 Å². The molecule has 6 nitrogen and oxygen atoms in total. The summed E-state index contributed by atoms with van der Waals surface area (Å²) in [7, 11) is 0. The van der Waals surface area contributed by atoms with Gasteiger partial charge in [0.2, 0.25) is 0 Å². The summed E-state index contributed by atoms with van der Waals surface area (Å²) in [6.45, 7) is 1.67. The molecule has 0 saturated carbocycles. The van der Waals surface area contributed by atoms with Gasteiger partial charge in [-0.15, -0.1) is 0 Å². The van der Waals surface area contributed by atoms with Gasteiger partial charge < -0.3 is 15.3 Å². The number of rotatable bonds is 3. The van der Waals surface area contributed by atoms with Crippen molar-refractivity contribution in [1.29, 1.82) is 0 Å². The van der Waals surface area contributed by atoms with Crippen LogP contribution in [-0.2, 0) is 17.8 Å². The lowest BCUT2D eigenvalue weighted by molar-refractivity contribution is -0.142. The number of nitrogens with one attached hydrogen (secondary N) is 1. The number of amides is 2. The minimum atomic E-state index is -1.04. The van der Waals surface area contributed by atoms with Gasteiger partial charge in [-0.2, -0.15) is 0 Å². The number of benzene rings is 2. The van der Waals surface area contributed by atoms with E-state index in [2.05, 4.69) is 5.32 Å². The Morgan fingerprint density at radius 2 is 1.80 bits per heavy atom. The Kier molecular flexibility index (Phi) is 4.52. The van der Waals surface area contributed by atoms with E-state index < -0.39 is 18.0 Å². The Morgan fingerprint density at radius 1 is 1.08 bits per heavy atom. The molecule has 2 aromatic rings. The summed E-state index contributed by atoms with van der Waals surface area (Å²) in [5.41, 5.74) is 2.82. The number of anilines is 1. The lowest BCUT2D eigenvalue weighted by Crippen LogP contribution is -2.50. The molecule has 1 heterocycles. The van der Waals surface area contributed by atoms with Crippen LogP contribution in [0.1, 0.15) is 28.4 Å². The van der Waals surface area contributed by atoms with E-state index in [1.165, 1.54) is 11.8 Å². The van der Waals surface area contributed by atoms with Gasteiger partial charge in [0.25, 0.3) is 0 Å². The fourth-order valence-corrected chi connectivity index (χ4v) is 2.97. The molecule has 128 valence electrons. The summed E-state index contributed by atoms with van der Waals surface area (Å²) in [6, 6.07) is 12.7. The van der Waals surface area contributed by atoms with Gasteiger partial charge in [-0.1, -0.05) is 36.4 Å². The van der Waals surface area contributed by atoms with Gasteiger partial charge in [0.1, 0.15) is 6.04 Å². The molecule has 2 N–H and O–H groups in total. The minimum Gasteiger partial charge on any atom is -0.480 e. The molecule has 0 aliphatic carbocycles. The number of ketones is 1. The minimum absolute atomic E-state index is 0.105. The third-order valence-corrected chi connectivity index (χ3v) is 4.31. The second-order valence-corrected chi connectivity index (χ2v) is 6.02. The molecular weight excluding hydrogens is 320 g/mol. The first-order chi connectivity index (χ1) is 12.0. The maximum Gasteiger partial charge on any atom is 0.326 e. The molecular formula is C19H18N2O4. The van der Waals surface area contributed by atoms with Gasteiger partial charge in [-0.05, 0) is 30.2 Å². The van der Waals surface area contributed by atoms with Crippen molar-refractivity contribution < 1.29 is 19.5 Å². The number of carboxylic acids is 1. The predicted molar refractivity (Wildman–Crippen MR) is 92.6 cm³/mol. The fourth-order valence-electron chi connectivity index (χ4n) is 2.97. The molecule has 6 heteroatoms. The topological polar surface area (TPSA) is 86.7 Å². The maximum absolute atomic E-state index is 12.6. The molecule has 0 bridgehead atoms. The van der Waals surface area contributed by atoms with E-state index in [1.807, 2.05) is 24.3 Å². The first-order valence-corrected chi connectivity index (χ1v) is 7.94. The summed E-state index contributed by atoms with van der Waals surface area (Å²) >= 11 is 0. The molecule has 3 rings (SSSR count). The second-order valence-electron chi connectivity index (χ2n) is 6.02. The number of aliphatic carboxylic acids is 1. The van der Waals surface area contributed by atoms with E-state index in [9.17, 15) is 19.5 Å². The average molecular weight is 338 g/mol. The summed E-state index contributed by atoms with van der Waals surface area (Å²) in [5.74, 6) is -1.14. The highest BCUT2D eigenvalue weighted by atomic mass is 16.4. The van der Waals surface area contributed by atoms with Crippen molar-refractivity contribution in [2.75, 3.05) is 5.32 Å². The van der Waals surface area contributed by atoms with Gasteiger partial charge >= 0.3 is 12.0 Å². The quantitative estimate of drug-likeness (QED) is 0.843. The molecule has 0 spiro atoms. The van der Waals surface area contributed by atoms with Crippen molar-refractivity contribution in [3.63, 3.8) is 0 Å². The summed E-state index contributed by atoms with van der Waals surface area (Å²) in [5, 5.41) is 12.2. The van der Waals surface area contributed by atoms with Crippen molar-refractivity contribution in [3.8, 4) is 0 Å². The van der Waals surface area contributed by atoms with Crippen LogP contribution in [0.15, 0.2) is 48.5 Å². The van der Waals surface area contributed by atoms with Crippen molar-refractivity contribution in [3.05, 3.63) is 65.2 Å².